The van der Waals surface area contributed by atoms with Crippen molar-refractivity contribution in [3.63, 3.8) is 0 Å². The van der Waals surface area contributed by atoms with Gasteiger partial charge in [-0.3, -0.25) is 9.59 Å². The van der Waals surface area contributed by atoms with Gasteiger partial charge in [0.1, 0.15) is 0 Å². The zero-order valence-electron chi connectivity index (χ0n) is 15.2. The first-order valence-electron chi connectivity index (χ1n) is 8.98. The molecule has 0 aliphatic heterocycles. The quantitative estimate of drug-likeness (QED) is 0.662. The number of nitrogens with one attached hydrogen (secondary N) is 2. The Kier molecular flexibility index (Phi) is 5.89. The summed E-state index contributed by atoms with van der Waals surface area (Å²) in [6.07, 6.45) is 1.77. The molecular weight excluding hydrogens is 344 g/mol. The molecule has 0 aliphatic carbocycles. The van der Waals surface area contributed by atoms with Crippen molar-refractivity contribution < 1.29 is 4.79 Å². The Balaban J connectivity index is 1.60. The molecule has 1 aromatic carbocycles. The predicted molar refractivity (Wildman–Crippen MR) is 108 cm³/mol. The lowest BCUT2D eigenvalue weighted by Gasteiger charge is -2.09. The van der Waals surface area contributed by atoms with Gasteiger partial charge in [-0.05, 0) is 59.4 Å². The van der Waals surface area contributed by atoms with E-state index in [0.29, 0.717) is 30.9 Å². The van der Waals surface area contributed by atoms with Gasteiger partial charge in [0.15, 0.2) is 0 Å². The number of amides is 1. The lowest BCUT2D eigenvalue weighted by Crippen LogP contribution is -2.27. The molecule has 2 aromatic heterocycles. The van der Waals surface area contributed by atoms with Crippen LogP contribution in [0.5, 0.6) is 0 Å². The molecule has 136 valence electrons. The number of pyridine rings is 1. The molecular formula is C21H24N2O2S. The predicted octanol–water partition coefficient (Wildman–Crippen LogP) is 4.00. The molecule has 0 unspecified atom stereocenters. The minimum atomic E-state index is -0.0809. The topological polar surface area (TPSA) is 62.0 Å². The van der Waals surface area contributed by atoms with Crippen LogP contribution in [0.4, 0.5) is 0 Å². The summed E-state index contributed by atoms with van der Waals surface area (Å²) < 4.78 is 0. The number of fused-ring (bicyclic) bond motifs is 1. The van der Waals surface area contributed by atoms with E-state index in [1.807, 2.05) is 29.6 Å². The second-order valence-electron chi connectivity index (χ2n) is 6.80. The van der Waals surface area contributed by atoms with Gasteiger partial charge < -0.3 is 10.3 Å². The Morgan fingerprint density at radius 3 is 2.77 bits per heavy atom. The highest BCUT2D eigenvalue weighted by Gasteiger charge is 2.07. The molecule has 0 atom stereocenters. The number of aromatic amines is 1. The van der Waals surface area contributed by atoms with Crippen LogP contribution in [0.25, 0.3) is 10.9 Å². The van der Waals surface area contributed by atoms with Gasteiger partial charge in [-0.25, -0.2) is 0 Å². The first-order chi connectivity index (χ1) is 12.5. The lowest BCUT2D eigenvalue weighted by atomic mass is 10.0. The molecule has 0 saturated carbocycles. The number of thiophene rings is 1. The van der Waals surface area contributed by atoms with Gasteiger partial charge >= 0.3 is 0 Å². The normalized spacial score (nSPS) is 11.2. The maximum Gasteiger partial charge on any atom is 0.251 e. The van der Waals surface area contributed by atoms with E-state index < -0.39 is 0 Å². The third-order valence-electron chi connectivity index (χ3n) is 4.51. The summed E-state index contributed by atoms with van der Waals surface area (Å²) in [5, 5.41) is 5.97. The number of carbonyl (C=O) groups excluding carboxylic acids is 1. The number of hydrogen-bond acceptors (Lipinski definition) is 3. The van der Waals surface area contributed by atoms with E-state index in [0.717, 1.165) is 17.3 Å². The van der Waals surface area contributed by atoms with Crippen LogP contribution in [-0.2, 0) is 17.6 Å². The number of aromatic nitrogens is 1. The van der Waals surface area contributed by atoms with Crippen LogP contribution in [0.3, 0.4) is 0 Å². The summed E-state index contributed by atoms with van der Waals surface area (Å²) in [5.41, 5.74) is 2.72. The van der Waals surface area contributed by atoms with Gasteiger partial charge in [0, 0.05) is 28.9 Å². The van der Waals surface area contributed by atoms with Crippen LogP contribution in [0.15, 0.2) is 46.6 Å². The van der Waals surface area contributed by atoms with Crippen molar-refractivity contribution in [3.8, 4) is 0 Å². The van der Waals surface area contributed by atoms with Crippen molar-refractivity contribution in [1.82, 2.24) is 10.3 Å². The van der Waals surface area contributed by atoms with Gasteiger partial charge in [-0.1, -0.05) is 26.0 Å². The summed E-state index contributed by atoms with van der Waals surface area (Å²) >= 11 is 1.67. The summed E-state index contributed by atoms with van der Waals surface area (Å²) in [6, 6.07) is 12.1. The minimum Gasteiger partial charge on any atom is -0.356 e. The fourth-order valence-electron chi connectivity index (χ4n) is 2.93. The first kappa shape index (κ1) is 18.4. The highest BCUT2D eigenvalue weighted by atomic mass is 32.1. The average Bonchev–Trinajstić information content (AvgIpc) is 3.13. The Labute approximate surface area is 157 Å². The van der Waals surface area contributed by atoms with Crippen molar-refractivity contribution in [2.75, 3.05) is 6.54 Å². The molecule has 26 heavy (non-hydrogen) atoms. The van der Waals surface area contributed by atoms with E-state index in [9.17, 15) is 9.59 Å². The Bertz CT molecular complexity index is 942. The van der Waals surface area contributed by atoms with Crippen molar-refractivity contribution in [2.45, 2.75) is 39.0 Å². The molecule has 0 bridgehead atoms. The number of carbonyl (C=O) groups is 1. The monoisotopic (exact) mass is 368 g/mol. The molecule has 0 radical (unpaired) electrons. The molecule has 3 aromatic rings. The third kappa shape index (κ3) is 4.61. The van der Waals surface area contributed by atoms with Gasteiger partial charge in [0.25, 0.3) is 5.56 Å². The van der Waals surface area contributed by atoms with Crippen molar-refractivity contribution >= 4 is 28.1 Å². The average molecular weight is 369 g/mol. The highest BCUT2D eigenvalue weighted by molar-refractivity contribution is 7.09. The molecule has 2 N–H and O–H groups in total. The number of H-pyrrole nitrogens is 1. The summed E-state index contributed by atoms with van der Waals surface area (Å²) in [4.78, 5) is 28.3. The Hall–Kier alpha value is -2.40. The Morgan fingerprint density at radius 1 is 1.19 bits per heavy atom. The summed E-state index contributed by atoms with van der Waals surface area (Å²) in [6.45, 7) is 4.78. The largest absolute Gasteiger partial charge is 0.356 e. The van der Waals surface area contributed by atoms with Crippen LogP contribution in [0.1, 0.15) is 42.2 Å². The summed E-state index contributed by atoms with van der Waals surface area (Å²) in [5.74, 6) is 0.468. The van der Waals surface area contributed by atoms with Gasteiger partial charge in [-0.2, -0.15) is 0 Å². The number of rotatable bonds is 7. The standard InChI is InChI=1S/C21H24N2O2S/c1-14(2)15-5-7-19-17(12-15)13-16(21(25)23-19)9-10-22-20(24)8-6-18-4-3-11-26-18/h3-5,7,11-14H,6,8-10H2,1-2H3,(H,22,24)(H,23,25). The molecule has 2 heterocycles. The molecule has 3 rings (SSSR count). The first-order valence-corrected chi connectivity index (χ1v) is 9.86. The minimum absolute atomic E-state index is 0.0257. The van der Waals surface area contributed by atoms with Crippen LogP contribution in [-0.4, -0.2) is 17.4 Å². The molecule has 0 aliphatic rings. The second kappa shape index (κ2) is 8.32. The van der Waals surface area contributed by atoms with E-state index in [1.54, 1.807) is 11.3 Å². The van der Waals surface area contributed by atoms with E-state index >= 15 is 0 Å². The fourth-order valence-corrected chi connectivity index (χ4v) is 3.64. The van der Waals surface area contributed by atoms with E-state index in [-0.39, 0.29) is 11.5 Å². The number of hydrogen-bond donors (Lipinski definition) is 2. The third-order valence-corrected chi connectivity index (χ3v) is 5.44. The zero-order valence-corrected chi connectivity index (χ0v) is 16.0. The van der Waals surface area contributed by atoms with Gasteiger partial charge in [0.05, 0.1) is 0 Å². The fraction of sp³-hybridized carbons (Fsp3) is 0.333. The maximum atomic E-state index is 12.2. The number of benzene rings is 1. The smallest absolute Gasteiger partial charge is 0.251 e. The molecule has 0 fully saturated rings. The molecule has 0 saturated heterocycles. The van der Waals surface area contributed by atoms with E-state index in [4.69, 9.17) is 0 Å². The van der Waals surface area contributed by atoms with E-state index in [2.05, 4.69) is 36.3 Å². The lowest BCUT2D eigenvalue weighted by molar-refractivity contribution is -0.121. The maximum absolute atomic E-state index is 12.2. The second-order valence-corrected chi connectivity index (χ2v) is 7.84. The van der Waals surface area contributed by atoms with Crippen LogP contribution >= 0.6 is 11.3 Å². The van der Waals surface area contributed by atoms with Crippen molar-refractivity contribution in [1.29, 1.82) is 0 Å². The number of aryl methyl sites for hydroxylation is 1. The van der Waals surface area contributed by atoms with Crippen LogP contribution < -0.4 is 10.9 Å². The molecule has 4 nitrogen and oxygen atoms in total. The van der Waals surface area contributed by atoms with Crippen LogP contribution in [0, 0.1) is 0 Å². The molecule has 5 heteroatoms. The van der Waals surface area contributed by atoms with Crippen molar-refractivity contribution in [2.24, 2.45) is 0 Å². The zero-order chi connectivity index (χ0) is 18.5. The molecule has 1 amide bonds. The Morgan fingerprint density at radius 2 is 2.04 bits per heavy atom. The summed E-state index contributed by atoms with van der Waals surface area (Å²) in [7, 11) is 0. The highest BCUT2D eigenvalue weighted by Crippen LogP contribution is 2.20. The van der Waals surface area contributed by atoms with Gasteiger partial charge in [0.2, 0.25) is 5.91 Å². The van der Waals surface area contributed by atoms with E-state index in [1.165, 1.54) is 10.4 Å². The SMILES string of the molecule is CC(C)c1ccc2[nH]c(=O)c(CCNC(=O)CCc3cccs3)cc2c1. The van der Waals surface area contributed by atoms with Crippen molar-refractivity contribution in [3.05, 3.63) is 68.1 Å². The molecule has 0 spiro atoms. The van der Waals surface area contributed by atoms with Crippen LogP contribution in [0.2, 0.25) is 0 Å². The van der Waals surface area contributed by atoms with Gasteiger partial charge in [-0.15, -0.1) is 11.3 Å².